The summed E-state index contributed by atoms with van der Waals surface area (Å²) in [6.07, 6.45) is 50.4. The van der Waals surface area contributed by atoms with Gasteiger partial charge in [-0.05, 0) is 70.6 Å². The Balaban J connectivity index is 4.35. The van der Waals surface area contributed by atoms with E-state index < -0.39 is 20.0 Å². The van der Waals surface area contributed by atoms with E-state index in [-0.39, 0.29) is 32.1 Å². The summed E-state index contributed by atoms with van der Waals surface area (Å²) >= 11 is 0. The molecule has 0 bridgehead atoms. The summed E-state index contributed by atoms with van der Waals surface area (Å²) in [6, 6.07) is -0.895. The maximum atomic E-state index is 12.7. The fraction of sp³-hybridized carbons (Fsp3) is 0.595. The van der Waals surface area contributed by atoms with Crippen LogP contribution >= 0.6 is 7.82 Å². The molecule has 0 aromatic rings. The summed E-state index contributed by atoms with van der Waals surface area (Å²) in [6.45, 7) is 3.90. The molecule has 0 aromatic heterocycles. The Morgan fingerprint density at radius 2 is 1.14 bits per heavy atom. The number of amides is 1. The molecule has 0 rings (SSSR count). The largest absolute Gasteiger partial charge is 0.472 e. The third-order valence-corrected chi connectivity index (χ3v) is 8.65. The fourth-order valence-electron chi connectivity index (χ4n) is 4.76. The third-order valence-electron chi connectivity index (χ3n) is 7.67. The number of unbranched alkanes of at least 4 members (excludes halogenated alkanes) is 8. The van der Waals surface area contributed by atoms with E-state index in [1.54, 1.807) is 6.08 Å². The van der Waals surface area contributed by atoms with E-state index in [1.165, 1.54) is 32.1 Å². The molecular formula is C42H71N2O6P. The van der Waals surface area contributed by atoms with Crippen LogP contribution in [0.25, 0.3) is 0 Å². The molecule has 0 saturated carbocycles. The Morgan fingerprint density at radius 1 is 0.667 bits per heavy atom. The number of allylic oxidation sites excluding steroid dienone is 15. The molecule has 0 aliphatic rings. The van der Waals surface area contributed by atoms with Crippen molar-refractivity contribution >= 4 is 13.7 Å². The van der Waals surface area contributed by atoms with Gasteiger partial charge in [0.15, 0.2) is 0 Å². The van der Waals surface area contributed by atoms with Crippen molar-refractivity contribution in [3.8, 4) is 0 Å². The smallest absolute Gasteiger partial charge is 0.387 e. The predicted molar refractivity (Wildman–Crippen MR) is 216 cm³/mol. The Bertz CT molecular complexity index is 1110. The molecule has 0 fully saturated rings. The molecule has 8 nitrogen and oxygen atoms in total. The Labute approximate surface area is 311 Å². The Kier molecular flexibility index (Phi) is 35.3. The zero-order chi connectivity index (χ0) is 37.5. The van der Waals surface area contributed by atoms with E-state index in [9.17, 15) is 19.4 Å². The third kappa shape index (κ3) is 35.6. The summed E-state index contributed by atoms with van der Waals surface area (Å²) < 4.78 is 22.0. The second-order valence-corrected chi connectivity index (χ2v) is 13.9. The first-order chi connectivity index (χ1) is 24.9. The average molecular weight is 731 g/mol. The lowest BCUT2D eigenvalue weighted by Gasteiger charge is -2.23. The first-order valence-electron chi connectivity index (χ1n) is 19.4. The number of carbonyl (C=O) groups is 1. The molecule has 51 heavy (non-hydrogen) atoms. The molecule has 290 valence electrons. The van der Waals surface area contributed by atoms with Crippen molar-refractivity contribution in [3.05, 3.63) is 97.2 Å². The molecular weight excluding hydrogens is 659 g/mol. The van der Waals surface area contributed by atoms with Crippen LogP contribution in [0.5, 0.6) is 0 Å². The lowest BCUT2D eigenvalue weighted by molar-refractivity contribution is -0.122. The summed E-state index contributed by atoms with van der Waals surface area (Å²) in [7, 11) is -4.35. The lowest BCUT2D eigenvalue weighted by Crippen LogP contribution is -2.45. The Morgan fingerprint density at radius 3 is 1.65 bits per heavy atom. The van der Waals surface area contributed by atoms with Gasteiger partial charge in [-0.15, -0.1) is 0 Å². The van der Waals surface area contributed by atoms with Gasteiger partial charge in [0.25, 0.3) is 0 Å². The summed E-state index contributed by atoms with van der Waals surface area (Å²) in [5.41, 5.74) is 5.34. The highest BCUT2D eigenvalue weighted by Gasteiger charge is 2.26. The van der Waals surface area contributed by atoms with Crippen LogP contribution in [-0.2, 0) is 18.4 Å². The van der Waals surface area contributed by atoms with Gasteiger partial charge in [-0.1, -0.05) is 150 Å². The van der Waals surface area contributed by atoms with Crippen molar-refractivity contribution in [2.75, 3.05) is 19.8 Å². The number of nitrogens with two attached hydrogens (primary N) is 1. The second-order valence-electron chi connectivity index (χ2n) is 12.4. The van der Waals surface area contributed by atoms with E-state index in [0.717, 1.165) is 70.6 Å². The molecule has 0 radical (unpaired) electrons. The zero-order valence-corrected chi connectivity index (χ0v) is 32.7. The van der Waals surface area contributed by atoms with Gasteiger partial charge in [0.2, 0.25) is 5.91 Å². The van der Waals surface area contributed by atoms with Crippen LogP contribution in [0, 0.1) is 0 Å². The van der Waals surface area contributed by atoms with Crippen LogP contribution in [0.3, 0.4) is 0 Å². The molecule has 1 amide bonds. The molecule has 0 aliphatic heterocycles. The van der Waals surface area contributed by atoms with Crippen molar-refractivity contribution in [1.29, 1.82) is 0 Å². The number of carbonyl (C=O) groups excluding carboxylic acids is 1. The highest BCUT2D eigenvalue weighted by Crippen LogP contribution is 2.43. The van der Waals surface area contributed by atoms with E-state index in [2.05, 4.69) is 104 Å². The van der Waals surface area contributed by atoms with Crippen LogP contribution in [0.4, 0.5) is 0 Å². The van der Waals surface area contributed by atoms with Gasteiger partial charge in [0.05, 0.1) is 25.4 Å². The first-order valence-corrected chi connectivity index (χ1v) is 20.9. The van der Waals surface area contributed by atoms with E-state index in [1.807, 2.05) is 6.08 Å². The number of aliphatic hydroxyl groups is 1. The highest BCUT2D eigenvalue weighted by atomic mass is 31.2. The maximum Gasteiger partial charge on any atom is 0.472 e. The van der Waals surface area contributed by atoms with Gasteiger partial charge in [0, 0.05) is 13.0 Å². The van der Waals surface area contributed by atoms with Gasteiger partial charge in [-0.3, -0.25) is 13.8 Å². The number of rotatable bonds is 34. The highest BCUT2D eigenvalue weighted by molar-refractivity contribution is 7.47. The molecule has 0 aromatic carbocycles. The van der Waals surface area contributed by atoms with Crippen molar-refractivity contribution < 1.29 is 28.4 Å². The molecule has 5 N–H and O–H groups in total. The molecule has 3 unspecified atom stereocenters. The van der Waals surface area contributed by atoms with Crippen molar-refractivity contribution in [2.45, 2.75) is 142 Å². The van der Waals surface area contributed by atoms with E-state index >= 15 is 0 Å². The van der Waals surface area contributed by atoms with Crippen molar-refractivity contribution in [1.82, 2.24) is 5.32 Å². The molecule has 0 heterocycles. The van der Waals surface area contributed by atoms with Gasteiger partial charge in [-0.25, -0.2) is 4.57 Å². The predicted octanol–water partition coefficient (Wildman–Crippen LogP) is 10.4. The van der Waals surface area contributed by atoms with Crippen LogP contribution in [0.15, 0.2) is 97.2 Å². The first kappa shape index (κ1) is 48.4. The Hall–Kier alpha value is -2.58. The number of aliphatic hydroxyl groups excluding tert-OH is 1. The van der Waals surface area contributed by atoms with E-state index in [0.29, 0.717) is 6.42 Å². The minimum absolute atomic E-state index is 0.0634. The topological polar surface area (TPSA) is 131 Å². The fourth-order valence-corrected chi connectivity index (χ4v) is 5.52. The zero-order valence-electron chi connectivity index (χ0n) is 31.8. The van der Waals surface area contributed by atoms with E-state index in [4.69, 9.17) is 14.8 Å². The lowest BCUT2D eigenvalue weighted by atomic mass is 10.1. The maximum absolute atomic E-state index is 12.7. The van der Waals surface area contributed by atoms with Crippen LogP contribution in [0.2, 0.25) is 0 Å². The van der Waals surface area contributed by atoms with Gasteiger partial charge in [-0.2, -0.15) is 0 Å². The number of nitrogens with one attached hydrogen (secondary N) is 1. The summed E-state index contributed by atoms with van der Waals surface area (Å²) in [4.78, 5) is 22.5. The standard InChI is InChI=1S/C42H71N2O6P/c1-3-5-7-9-11-13-14-15-16-17-18-19-20-21-22-23-24-25-26-28-30-32-34-36-42(46)44-40(39-50-51(47,48)49-38-37-43)41(45)35-33-31-29-27-12-10-8-6-4-2/h5,7,11,13,15-16,18-19,21-22,24-25,28,30,33,35,40-41,45H,3-4,6,8-10,12,14,17,20,23,26-27,29,31-32,34,36-39,43H2,1-2H3,(H,44,46)(H,47,48)/b7-5-,13-11-,16-15-,19-18-,22-21-,25-24-,30-28-,35-33+. The molecule has 0 saturated heterocycles. The van der Waals surface area contributed by atoms with Crippen molar-refractivity contribution in [2.24, 2.45) is 5.73 Å². The summed E-state index contributed by atoms with van der Waals surface area (Å²) in [5, 5.41) is 13.5. The normalized spacial score (nSPS) is 15.3. The van der Waals surface area contributed by atoms with Gasteiger partial charge in [0.1, 0.15) is 0 Å². The molecule has 0 aliphatic carbocycles. The second kappa shape index (κ2) is 37.2. The number of hydrogen-bond donors (Lipinski definition) is 4. The summed E-state index contributed by atoms with van der Waals surface area (Å²) in [5.74, 6) is -0.260. The minimum Gasteiger partial charge on any atom is -0.387 e. The number of phosphoric acid groups is 1. The van der Waals surface area contributed by atoms with Crippen molar-refractivity contribution in [3.63, 3.8) is 0 Å². The minimum atomic E-state index is -4.35. The quantitative estimate of drug-likeness (QED) is 0.0294. The number of hydrogen-bond acceptors (Lipinski definition) is 6. The van der Waals surface area contributed by atoms with Crippen LogP contribution < -0.4 is 11.1 Å². The van der Waals surface area contributed by atoms with Gasteiger partial charge >= 0.3 is 7.82 Å². The number of phosphoric ester groups is 1. The molecule has 9 heteroatoms. The van der Waals surface area contributed by atoms with Crippen LogP contribution in [-0.4, -0.2) is 47.8 Å². The molecule has 0 spiro atoms. The van der Waals surface area contributed by atoms with Crippen LogP contribution in [0.1, 0.15) is 129 Å². The molecule has 3 atom stereocenters. The SMILES string of the molecule is CC/C=C\C/C=C\C/C=C\C/C=C\C/C=C\C/C=C\C/C=C\CCCC(=O)NC(COP(=O)(O)OCCN)C(O)/C=C/CCCCCCCCC. The van der Waals surface area contributed by atoms with Gasteiger partial charge < -0.3 is 21.1 Å². The monoisotopic (exact) mass is 731 g/mol. The average Bonchev–Trinajstić information content (AvgIpc) is 3.12.